The first-order chi connectivity index (χ1) is 7.56. The molecule has 0 aliphatic carbocycles. The van der Waals surface area contributed by atoms with Crippen LogP contribution in [0.15, 0.2) is 16.9 Å². The van der Waals surface area contributed by atoms with Gasteiger partial charge in [0.2, 0.25) is 0 Å². The molecule has 0 aliphatic heterocycles. The number of halogens is 1. The van der Waals surface area contributed by atoms with Crippen molar-refractivity contribution in [1.82, 2.24) is 4.57 Å². The van der Waals surface area contributed by atoms with Crippen LogP contribution in [0.4, 0.5) is 0 Å². The van der Waals surface area contributed by atoms with Crippen LogP contribution in [0.1, 0.15) is 18.5 Å². The van der Waals surface area contributed by atoms with E-state index in [4.69, 9.17) is 0 Å². The van der Waals surface area contributed by atoms with E-state index < -0.39 is 0 Å². The second-order valence-corrected chi connectivity index (χ2v) is 4.62. The Morgan fingerprint density at radius 1 is 1.50 bits per heavy atom. The van der Waals surface area contributed by atoms with Crippen LogP contribution in [-0.4, -0.2) is 17.6 Å². The first kappa shape index (κ1) is 13.2. The SMILES string of the molecule is COC(=O)CCCn1c(C)ccc(I)c1=O. The van der Waals surface area contributed by atoms with Gasteiger partial charge in [-0.3, -0.25) is 9.59 Å². The summed E-state index contributed by atoms with van der Waals surface area (Å²) in [6.45, 7) is 2.44. The first-order valence-corrected chi connectivity index (χ1v) is 6.07. The molecule has 0 bridgehead atoms. The second-order valence-electron chi connectivity index (χ2n) is 3.46. The number of hydrogen-bond donors (Lipinski definition) is 0. The van der Waals surface area contributed by atoms with Gasteiger partial charge in [-0.05, 0) is 48.1 Å². The number of pyridine rings is 1. The summed E-state index contributed by atoms with van der Waals surface area (Å²) in [5, 5.41) is 0. The number of hydrogen-bond acceptors (Lipinski definition) is 3. The van der Waals surface area contributed by atoms with Crippen LogP contribution in [0, 0.1) is 10.5 Å². The highest BCUT2D eigenvalue weighted by atomic mass is 127. The lowest BCUT2D eigenvalue weighted by Gasteiger charge is -2.09. The topological polar surface area (TPSA) is 48.3 Å². The van der Waals surface area contributed by atoms with Crippen LogP contribution < -0.4 is 5.56 Å². The Morgan fingerprint density at radius 3 is 2.81 bits per heavy atom. The Hall–Kier alpha value is -0.850. The van der Waals surface area contributed by atoms with Gasteiger partial charge in [0.25, 0.3) is 5.56 Å². The molecular formula is C11H14INO3. The number of ether oxygens (including phenoxy) is 1. The van der Waals surface area contributed by atoms with Crippen LogP contribution in [-0.2, 0) is 16.1 Å². The summed E-state index contributed by atoms with van der Waals surface area (Å²) in [7, 11) is 1.37. The molecule has 0 fully saturated rings. The molecule has 16 heavy (non-hydrogen) atoms. The standard InChI is InChI=1S/C11H14INO3/c1-8-5-6-9(12)11(15)13(8)7-3-4-10(14)16-2/h5-6H,3-4,7H2,1-2H3. The number of aryl methyl sites for hydroxylation is 1. The minimum Gasteiger partial charge on any atom is -0.469 e. The summed E-state index contributed by atoms with van der Waals surface area (Å²) in [5.74, 6) is -0.240. The maximum absolute atomic E-state index is 11.8. The normalized spacial score (nSPS) is 10.2. The Morgan fingerprint density at radius 2 is 2.19 bits per heavy atom. The third-order valence-corrected chi connectivity index (χ3v) is 3.16. The van der Waals surface area contributed by atoms with Gasteiger partial charge >= 0.3 is 5.97 Å². The predicted molar refractivity (Wildman–Crippen MR) is 69.4 cm³/mol. The van der Waals surface area contributed by atoms with Crippen molar-refractivity contribution in [3.63, 3.8) is 0 Å². The van der Waals surface area contributed by atoms with Gasteiger partial charge in [-0.1, -0.05) is 0 Å². The molecule has 1 rings (SSSR count). The molecule has 0 aromatic carbocycles. The molecular weight excluding hydrogens is 321 g/mol. The average Bonchev–Trinajstić information content (AvgIpc) is 2.28. The van der Waals surface area contributed by atoms with Crippen molar-refractivity contribution in [2.75, 3.05) is 7.11 Å². The highest BCUT2D eigenvalue weighted by Gasteiger charge is 2.05. The minimum atomic E-state index is -0.240. The molecule has 1 aromatic heterocycles. The summed E-state index contributed by atoms with van der Waals surface area (Å²) >= 11 is 2.01. The fourth-order valence-corrected chi connectivity index (χ4v) is 1.88. The fourth-order valence-electron chi connectivity index (χ4n) is 1.41. The summed E-state index contributed by atoms with van der Waals surface area (Å²) < 4.78 is 6.93. The minimum absolute atomic E-state index is 0.00506. The lowest BCUT2D eigenvalue weighted by atomic mass is 10.3. The van der Waals surface area contributed by atoms with Crippen molar-refractivity contribution in [1.29, 1.82) is 0 Å². The molecule has 5 heteroatoms. The number of aromatic nitrogens is 1. The van der Waals surface area contributed by atoms with Gasteiger partial charge in [0.05, 0.1) is 10.7 Å². The number of esters is 1. The summed E-state index contributed by atoms with van der Waals surface area (Å²) in [4.78, 5) is 22.7. The number of nitrogens with zero attached hydrogens (tertiary/aromatic N) is 1. The smallest absolute Gasteiger partial charge is 0.305 e. The molecule has 88 valence electrons. The Labute approximate surface area is 108 Å². The second kappa shape index (κ2) is 6.03. The molecule has 0 aliphatic rings. The highest BCUT2D eigenvalue weighted by molar-refractivity contribution is 14.1. The molecule has 0 unspecified atom stereocenters. The van der Waals surface area contributed by atoms with Crippen molar-refractivity contribution in [3.05, 3.63) is 31.8 Å². The summed E-state index contributed by atoms with van der Waals surface area (Å²) in [6, 6.07) is 3.70. The van der Waals surface area contributed by atoms with Crippen molar-refractivity contribution < 1.29 is 9.53 Å². The molecule has 0 atom stereocenters. The Balaban J connectivity index is 2.71. The number of carbonyl (C=O) groups excluding carboxylic acids is 1. The first-order valence-electron chi connectivity index (χ1n) is 4.99. The van der Waals surface area contributed by atoms with Gasteiger partial charge in [-0.25, -0.2) is 0 Å². The van der Waals surface area contributed by atoms with Crippen LogP contribution in [0.3, 0.4) is 0 Å². The lowest BCUT2D eigenvalue weighted by molar-refractivity contribution is -0.140. The van der Waals surface area contributed by atoms with Crippen LogP contribution in [0.2, 0.25) is 0 Å². The summed E-state index contributed by atoms with van der Waals surface area (Å²) in [6.07, 6.45) is 0.960. The van der Waals surface area contributed by atoms with E-state index in [1.165, 1.54) is 7.11 Å². The molecule has 0 saturated heterocycles. The lowest BCUT2D eigenvalue weighted by Crippen LogP contribution is -2.24. The zero-order chi connectivity index (χ0) is 12.1. The van der Waals surface area contributed by atoms with Crippen LogP contribution >= 0.6 is 22.6 Å². The summed E-state index contributed by atoms with van der Waals surface area (Å²) in [5.41, 5.74) is 0.917. The monoisotopic (exact) mass is 335 g/mol. The molecule has 0 spiro atoms. The van der Waals surface area contributed by atoms with Gasteiger partial charge in [0.15, 0.2) is 0 Å². The Kier molecular flexibility index (Phi) is 4.98. The average molecular weight is 335 g/mol. The molecule has 0 amide bonds. The van der Waals surface area contributed by atoms with Gasteiger partial charge < -0.3 is 9.30 Å². The Bertz CT molecular complexity index is 439. The van der Waals surface area contributed by atoms with E-state index in [1.54, 1.807) is 10.6 Å². The quantitative estimate of drug-likeness (QED) is 0.622. The molecule has 1 heterocycles. The van der Waals surface area contributed by atoms with E-state index >= 15 is 0 Å². The molecule has 4 nitrogen and oxygen atoms in total. The van der Waals surface area contributed by atoms with E-state index in [1.807, 2.05) is 35.6 Å². The van der Waals surface area contributed by atoms with Crippen molar-refractivity contribution in [2.24, 2.45) is 0 Å². The predicted octanol–water partition coefficient (Wildman–Crippen LogP) is 1.71. The van der Waals surface area contributed by atoms with E-state index in [2.05, 4.69) is 4.74 Å². The van der Waals surface area contributed by atoms with E-state index in [-0.39, 0.29) is 11.5 Å². The van der Waals surface area contributed by atoms with Gasteiger partial charge in [-0.15, -0.1) is 0 Å². The zero-order valence-corrected chi connectivity index (χ0v) is 11.5. The molecule has 0 N–H and O–H groups in total. The van der Waals surface area contributed by atoms with E-state index in [9.17, 15) is 9.59 Å². The van der Waals surface area contributed by atoms with Crippen molar-refractivity contribution in [3.8, 4) is 0 Å². The maximum atomic E-state index is 11.8. The fraction of sp³-hybridized carbons (Fsp3) is 0.455. The third kappa shape index (κ3) is 3.33. The van der Waals surface area contributed by atoms with Gasteiger partial charge in [0.1, 0.15) is 0 Å². The number of methoxy groups -OCH3 is 1. The van der Waals surface area contributed by atoms with Gasteiger partial charge in [0, 0.05) is 18.7 Å². The van der Waals surface area contributed by atoms with E-state index in [0.717, 1.165) is 5.69 Å². The highest BCUT2D eigenvalue weighted by Crippen LogP contribution is 2.03. The molecule has 1 aromatic rings. The van der Waals surface area contributed by atoms with Crippen LogP contribution in [0.5, 0.6) is 0 Å². The zero-order valence-electron chi connectivity index (χ0n) is 9.33. The largest absolute Gasteiger partial charge is 0.469 e. The van der Waals surface area contributed by atoms with Gasteiger partial charge in [-0.2, -0.15) is 0 Å². The van der Waals surface area contributed by atoms with Crippen molar-refractivity contribution in [2.45, 2.75) is 26.3 Å². The number of rotatable bonds is 4. The van der Waals surface area contributed by atoms with Crippen molar-refractivity contribution >= 4 is 28.6 Å². The number of carbonyl (C=O) groups is 1. The van der Waals surface area contributed by atoms with Crippen LogP contribution in [0.25, 0.3) is 0 Å². The molecule has 0 radical (unpaired) electrons. The van der Waals surface area contributed by atoms with E-state index in [0.29, 0.717) is 23.0 Å². The molecule has 0 saturated carbocycles. The third-order valence-electron chi connectivity index (χ3n) is 2.34. The maximum Gasteiger partial charge on any atom is 0.305 e.